The predicted octanol–water partition coefficient (Wildman–Crippen LogP) is 6.30. The van der Waals surface area contributed by atoms with Crippen molar-refractivity contribution < 1.29 is 0 Å². The Morgan fingerprint density at radius 2 is 1.32 bits per heavy atom. The molecule has 0 unspecified atom stereocenters. The first-order valence-electron chi connectivity index (χ1n) is 7.34. The number of rotatable bonds is 7. The van der Waals surface area contributed by atoms with E-state index in [9.17, 15) is 0 Å². The summed E-state index contributed by atoms with van der Waals surface area (Å²) in [4.78, 5) is 0. The number of allylic oxidation sites excluding steroid dienone is 2. The molecule has 3 heteroatoms. The third-order valence-corrected chi connectivity index (χ3v) is 5.79. The lowest BCUT2D eigenvalue weighted by atomic mass is 9.17. The van der Waals surface area contributed by atoms with Crippen LogP contribution in [0.3, 0.4) is 0 Å². The van der Waals surface area contributed by atoms with E-state index in [0.29, 0.717) is 30.3 Å². The number of alkyl halides is 2. The van der Waals surface area contributed by atoms with E-state index in [0.717, 1.165) is 0 Å². The topological polar surface area (TPSA) is 0 Å². The molecule has 0 atom stereocenters. The van der Waals surface area contributed by atoms with Crippen LogP contribution in [-0.2, 0) is 0 Å². The zero-order valence-electron chi connectivity index (χ0n) is 14.0. The Kier molecular flexibility index (Phi) is 7.56. The highest BCUT2D eigenvalue weighted by Crippen LogP contribution is 2.53. The van der Waals surface area contributed by atoms with Crippen molar-refractivity contribution in [1.29, 1.82) is 0 Å². The highest BCUT2D eigenvalue weighted by molar-refractivity contribution is 6.73. The molecule has 0 spiro atoms. The van der Waals surface area contributed by atoms with E-state index in [2.05, 4.69) is 61.5 Å². The van der Waals surface area contributed by atoms with Crippen molar-refractivity contribution in [3.05, 3.63) is 11.5 Å². The lowest BCUT2D eigenvalue weighted by Gasteiger charge is -2.48. The second-order valence-corrected chi connectivity index (χ2v) is 8.03. The van der Waals surface area contributed by atoms with Gasteiger partial charge in [0.1, 0.15) is 0 Å². The van der Waals surface area contributed by atoms with Crippen LogP contribution in [0.1, 0.15) is 55.4 Å². The summed E-state index contributed by atoms with van der Waals surface area (Å²) < 4.78 is 0. The average Bonchev–Trinajstić information content (AvgIpc) is 2.27. The molecule has 0 aromatic heterocycles. The maximum Gasteiger partial charge on any atom is 0.183 e. The van der Waals surface area contributed by atoms with E-state index in [1.807, 2.05) is 0 Å². The molecule has 0 aliphatic rings. The molecule has 0 amide bonds. The Morgan fingerprint density at radius 1 is 0.947 bits per heavy atom. The van der Waals surface area contributed by atoms with Crippen molar-refractivity contribution in [3.8, 4) is 0 Å². The van der Waals surface area contributed by atoms with Crippen LogP contribution in [0.25, 0.3) is 0 Å². The molecule has 0 heterocycles. The molecular formula is C16H31BCl2. The van der Waals surface area contributed by atoms with E-state index in [-0.39, 0.29) is 10.6 Å². The Balaban J connectivity index is 5.83. The summed E-state index contributed by atoms with van der Waals surface area (Å²) in [5, 5.41) is 0.390. The van der Waals surface area contributed by atoms with Gasteiger partial charge in [-0.25, -0.2) is 0 Å². The van der Waals surface area contributed by atoms with Gasteiger partial charge in [-0.2, -0.15) is 0 Å². The molecule has 0 saturated heterocycles. The molecule has 0 N–H and O–H groups in total. The van der Waals surface area contributed by atoms with Gasteiger partial charge in [0.05, 0.1) is 0 Å². The van der Waals surface area contributed by atoms with Crippen LogP contribution < -0.4 is 0 Å². The molecule has 0 radical (unpaired) electrons. The second kappa shape index (κ2) is 7.41. The van der Waals surface area contributed by atoms with Crippen molar-refractivity contribution in [2.24, 2.45) is 11.8 Å². The number of hydrogen-bond acceptors (Lipinski definition) is 0. The summed E-state index contributed by atoms with van der Waals surface area (Å²) in [7, 11) is 0. The highest BCUT2D eigenvalue weighted by atomic mass is 35.5. The van der Waals surface area contributed by atoms with Crippen molar-refractivity contribution >= 4 is 29.9 Å². The van der Waals surface area contributed by atoms with Gasteiger partial charge in [-0.05, 0) is 22.5 Å². The first-order valence-corrected chi connectivity index (χ1v) is 8.41. The lowest BCUT2D eigenvalue weighted by Crippen LogP contribution is -2.45. The summed E-state index contributed by atoms with van der Waals surface area (Å²) in [5.41, 5.74) is 1.30. The van der Waals surface area contributed by atoms with E-state index in [4.69, 9.17) is 23.2 Å². The van der Waals surface area contributed by atoms with E-state index < -0.39 is 0 Å². The predicted molar refractivity (Wildman–Crippen MR) is 93.0 cm³/mol. The smallest absolute Gasteiger partial charge is 0.123 e. The van der Waals surface area contributed by atoms with Crippen molar-refractivity contribution in [2.75, 3.05) is 11.8 Å². The molecule has 0 rings (SSSR count). The number of halogens is 2. The van der Waals surface area contributed by atoms with Gasteiger partial charge in [0, 0.05) is 11.8 Å². The zero-order chi connectivity index (χ0) is 15.4. The Labute approximate surface area is 131 Å². The first kappa shape index (κ1) is 19.4. The molecule has 0 nitrogen and oxygen atoms in total. The minimum absolute atomic E-state index is 0.195. The van der Waals surface area contributed by atoms with Gasteiger partial charge in [-0.1, -0.05) is 66.9 Å². The third-order valence-electron chi connectivity index (χ3n) is 5.33. The summed E-state index contributed by atoms with van der Waals surface area (Å²) in [5.74, 6) is 2.31. The minimum atomic E-state index is 0.195. The van der Waals surface area contributed by atoms with Crippen LogP contribution >= 0.6 is 23.2 Å². The molecule has 0 saturated carbocycles. The van der Waals surface area contributed by atoms with Crippen molar-refractivity contribution in [3.63, 3.8) is 0 Å². The first-order chi connectivity index (χ1) is 8.53. The zero-order valence-corrected chi connectivity index (χ0v) is 15.5. The fraction of sp³-hybridized carbons (Fsp3) is 0.875. The molecule has 0 aliphatic heterocycles. The van der Waals surface area contributed by atoms with E-state index >= 15 is 0 Å². The average molecular weight is 305 g/mol. The van der Waals surface area contributed by atoms with Crippen LogP contribution in [0, 0.1) is 11.8 Å². The Bertz CT molecular complexity index is 284. The fourth-order valence-corrected chi connectivity index (χ4v) is 3.39. The van der Waals surface area contributed by atoms with Crippen molar-refractivity contribution in [2.45, 2.75) is 66.0 Å². The summed E-state index contributed by atoms with van der Waals surface area (Å²) >= 11 is 12.2. The van der Waals surface area contributed by atoms with Crippen LogP contribution in [-0.4, -0.2) is 18.5 Å². The van der Waals surface area contributed by atoms with E-state index in [1.54, 1.807) is 0 Å². The monoisotopic (exact) mass is 304 g/mol. The fourth-order valence-electron chi connectivity index (χ4n) is 2.93. The van der Waals surface area contributed by atoms with E-state index in [1.165, 1.54) is 5.47 Å². The summed E-state index contributed by atoms with van der Waals surface area (Å²) in [6.45, 7) is 19.1. The van der Waals surface area contributed by atoms with Crippen LogP contribution in [0.2, 0.25) is 10.6 Å². The van der Waals surface area contributed by atoms with Gasteiger partial charge >= 0.3 is 0 Å². The molecule has 112 valence electrons. The summed E-state index contributed by atoms with van der Waals surface area (Å²) in [6.07, 6.45) is 2.12. The standard InChI is InChI=1S/C16H31BCl2/c1-12(2)15(5,6)17(14(11-19)9-10-18)16(7,8)13(3)4/h9,12-13H,10-11H2,1-8H3/b14-9+. The molecule has 19 heavy (non-hydrogen) atoms. The maximum atomic E-state index is 6.24. The van der Waals surface area contributed by atoms with Gasteiger partial charge in [0.2, 0.25) is 0 Å². The van der Waals surface area contributed by atoms with Crippen LogP contribution in [0.5, 0.6) is 0 Å². The molecule has 0 aliphatic carbocycles. The highest BCUT2D eigenvalue weighted by Gasteiger charge is 2.48. The SMILES string of the molecule is CC(C)C(C)(C)B(/C(=C/CCl)CCl)C(C)(C)C(C)C. The van der Waals surface area contributed by atoms with Crippen LogP contribution in [0.15, 0.2) is 11.5 Å². The lowest BCUT2D eigenvalue weighted by molar-refractivity contribution is 0.406. The van der Waals surface area contributed by atoms with Gasteiger partial charge in [-0.3, -0.25) is 0 Å². The summed E-state index contributed by atoms with van der Waals surface area (Å²) in [6, 6.07) is 0. The van der Waals surface area contributed by atoms with Crippen LogP contribution in [0.4, 0.5) is 0 Å². The van der Waals surface area contributed by atoms with Gasteiger partial charge in [-0.15, -0.1) is 23.2 Å². The molecule has 0 aromatic rings. The van der Waals surface area contributed by atoms with Crippen molar-refractivity contribution in [1.82, 2.24) is 0 Å². The number of hydrogen-bond donors (Lipinski definition) is 0. The molecule has 0 bridgehead atoms. The second-order valence-electron chi connectivity index (χ2n) is 7.45. The molecule has 0 aromatic carbocycles. The quantitative estimate of drug-likeness (QED) is 0.382. The maximum absolute atomic E-state index is 6.24. The molecular weight excluding hydrogens is 274 g/mol. The Hall–Kier alpha value is 0.385. The largest absolute Gasteiger partial charge is 0.183 e. The normalized spacial score (nSPS) is 14.4. The minimum Gasteiger partial charge on any atom is -0.123 e. The third kappa shape index (κ3) is 4.43. The van der Waals surface area contributed by atoms with Gasteiger partial charge in [0.25, 0.3) is 0 Å². The Morgan fingerprint density at radius 3 is 1.53 bits per heavy atom. The molecule has 0 fully saturated rings. The van der Waals surface area contributed by atoms with Gasteiger partial charge < -0.3 is 0 Å². The van der Waals surface area contributed by atoms with Gasteiger partial charge in [0.15, 0.2) is 6.71 Å².